The van der Waals surface area contributed by atoms with Gasteiger partial charge in [0, 0.05) is 5.69 Å². The highest BCUT2D eigenvalue weighted by molar-refractivity contribution is 5.46. The van der Waals surface area contributed by atoms with Crippen LogP contribution in [0, 0.1) is 5.82 Å². The summed E-state index contributed by atoms with van der Waals surface area (Å²) in [7, 11) is 0. The molecule has 0 saturated carbocycles. The Kier molecular flexibility index (Phi) is 1.87. The molecule has 0 heterocycles. The SMILES string of the molecule is Nc1cccc(F)c1C[NH3+]. The van der Waals surface area contributed by atoms with Gasteiger partial charge in [-0.25, -0.2) is 4.39 Å². The van der Waals surface area contributed by atoms with Crippen LogP contribution in [0.5, 0.6) is 0 Å². The molecular formula is C7H10FN2+. The first-order chi connectivity index (χ1) is 4.75. The van der Waals surface area contributed by atoms with Crippen molar-refractivity contribution >= 4 is 5.69 Å². The Morgan fingerprint density at radius 1 is 1.50 bits per heavy atom. The van der Waals surface area contributed by atoms with Crippen molar-refractivity contribution in [3.05, 3.63) is 29.6 Å². The molecule has 0 aromatic heterocycles. The molecule has 0 fully saturated rings. The minimum atomic E-state index is -0.269. The highest BCUT2D eigenvalue weighted by Gasteiger charge is 2.03. The number of benzene rings is 1. The van der Waals surface area contributed by atoms with E-state index < -0.39 is 0 Å². The fourth-order valence-electron chi connectivity index (χ4n) is 0.839. The average molecular weight is 141 g/mol. The molecule has 1 aromatic carbocycles. The summed E-state index contributed by atoms with van der Waals surface area (Å²) in [6.45, 7) is 0.401. The molecule has 0 radical (unpaired) electrons. The number of quaternary nitrogens is 1. The smallest absolute Gasteiger partial charge is 0.134 e. The maximum Gasteiger partial charge on any atom is 0.134 e. The van der Waals surface area contributed by atoms with Gasteiger partial charge in [-0.3, -0.25) is 0 Å². The first-order valence-electron chi connectivity index (χ1n) is 3.08. The Morgan fingerprint density at radius 2 is 2.20 bits per heavy atom. The second kappa shape index (κ2) is 2.66. The zero-order valence-corrected chi connectivity index (χ0v) is 5.60. The number of nitrogens with two attached hydrogens (primary N) is 1. The summed E-state index contributed by atoms with van der Waals surface area (Å²) in [5, 5.41) is 0. The van der Waals surface area contributed by atoms with Crippen LogP contribution in [0.2, 0.25) is 0 Å². The molecule has 0 amide bonds. The van der Waals surface area contributed by atoms with Crippen LogP contribution in [0.4, 0.5) is 10.1 Å². The van der Waals surface area contributed by atoms with Crippen molar-refractivity contribution in [1.82, 2.24) is 0 Å². The molecule has 54 valence electrons. The highest BCUT2D eigenvalue weighted by Crippen LogP contribution is 2.13. The topological polar surface area (TPSA) is 53.7 Å². The Morgan fingerprint density at radius 3 is 2.60 bits per heavy atom. The lowest BCUT2D eigenvalue weighted by Crippen LogP contribution is -2.48. The predicted octanol–water partition coefficient (Wildman–Crippen LogP) is 0.150. The van der Waals surface area contributed by atoms with E-state index in [1.807, 2.05) is 0 Å². The Balaban J connectivity index is 3.17. The minimum absolute atomic E-state index is 0.269. The normalized spacial score (nSPS) is 9.80. The number of hydrogen-bond acceptors (Lipinski definition) is 1. The minimum Gasteiger partial charge on any atom is -0.398 e. The van der Waals surface area contributed by atoms with E-state index in [1.54, 1.807) is 12.1 Å². The summed E-state index contributed by atoms with van der Waals surface area (Å²) in [4.78, 5) is 0. The summed E-state index contributed by atoms with van der Waals surface area (Å²) < 4.78 is 12.7. The molecule has 0 aliphatic heterocycles. The first kappa shape index (κ1) is 7.02. The van der Waals surface area contributed by atoms with E-state index in [2.05, 4.69) is 5.73 Å². The van der Waals surface area contributed by atoms with Gasteiger partial charge >= 0.3 is 0 Å². The molecule has 0 saturated heterocycles. The third kappa shape index (κ3) is 1.09. The first-order valence-corrected chi connectivity index (χ1v) is 3.08. The molecule has 5 N–H and O–H groups in total. The fourth-order valence-corrected chi connectivity index (χ4v) is 0.839. The van der Waals surface area contributed by atoms with Gasteiger partial charge in [-0.05, 0) is 12.1 Å². The van der Waals surface area contributed by atoms with Crippen molar-refractivity contribution in [2.45, 2.75) is 6.54 Å². The predicted molar refractivity (Wildman–Crippen MR) is 37.4 cm³/mol. The van der Waals surface area contributed by atoms with Gasteiger partial charge in [0.15, 0.2) is 0 Å². The maximum absolute atomic E-state index is 12.7. The standard InChI is InChI=1S/C7H9FN2/c8-6-2-1-3-7(10)5(6)4-9/h1-3H,4,9-10H2/p+1. The molecule has 0 bridgehead atoms. The Hall–Kier alpha value is -1.09. The van der Waals surface area contributed by atoms with Gasteiger partial charge in [-0.15, -0.1) is 0 Å². The Labute approximate surface area is 58.6 Å². The van der Waals surface area contributed by atoms with E-state index in [0.29, 0.717) is 17.8 Å². The van der Waals surface area contributed by atoms with Crippen molar-refractivity contribution in [2.24, 2.45) is 0 Å². The van der Waals surface area contributed by atoms with Crippen LogP contribution in [-0.4, -0.2) is 0 Å². The summed E-state index contributed by atoms with van der Waals surface area (Å²) in [5.74, 6) is -0.269. The molecule has 0 unspecified atom stereocenters. The third-order valence-corrected chi connectivity index (χ3v) is 1.41. The summed E-state index contributed by atoms with van der Waals surface area (Å²) in [6.07, 6.45) is 0. The van der Waals surface area contributed by atoms with Crippen LogP contribution in [0.1, 0.15) is 5.56 Å². The number of hydrogen-bond donors (Lipinski definition) is 2. The van der Waals surface area contributed by atoms with Crippen LogP contribution in [0.15, 0.2) is 18.2 Å². The van der Waals surface area contributed by atoms with E-state index in [0.717, 1.165) is 0 Å². The van der Waals surface area contributed by atoms with Crippen molar-refractivity contribution in [1.29, 1.82) is 0 Å². The Bertz CT molecular complexity index is 215. The molecule has 3 heteroatoms. The van der Waals surface area contributed by atoms with E-state index in [-0.39, 0.29) is 5.82 Å². The zero-order chi connectivity index (χ0) is 7.56. The molecular weight excluding hydrogens is 131 g/mol. The molecule has 2 nitrogen and oxygen atoms in total. The molecule has 1 aromatic rings. The lowest BCUT2D eigenvalue weighted by atomic mass is 10.2. The molecule has 0 aliphatic rings. The number of rotatable bonds is 1. The summed E-state index contributed by atoms with van der Waals surface area (Å²) >= 11 is 0. The molecule has 0 spiro atoms. The molecule has 0 atom stereocenters. The van der Waals surface area contributed by atoms with Crippen molar-refractivity contribution < 1.29 is 10.1 Å². The van der Waals surface area contributed by atoms with Crippen LogP contribution >= 0.6 is 0 Å². The second-order valence-corrected chi connectivity index (χ2v) is 2.06. The summed E-state index contributed by atoms with van der Waals surface area (Å²) in [6, 6.07) is 4.64. The molecule has 0 aliphatic carbocycles. The number of nitrogen functional groups attached to an aromatic ring is 1. The van der Waals surface area contributed by atoms with E-state index in [9.17, 15) is 4.39 Å². The van der Waals surface area contributed by atoms with E-state index in [4.69, 9.17) is 5.73 Å². The van der Waals surface area contributed by atoms with Crippen LogP contribution in [-0.2, 0) is 6.54 Å². The van der Waals surface area contributed by atoms with Crippen LogP contribution in [0.3, 0.4) is 0 Å². The van der Waals surface area contributed by atoms with Gasteiger partial charge in [-0.1, -0.05) is 6.07 Å². The number of anilines is 1. The van der Waals surface area contributed by atoms with Gasteiger partial charge in [0.2, 0.25) is 0 Å². The number of halogens is 1. The van der Waals surface area contributed by atoms with Gasteiger partial charge < -0.3 is 11.5 Å². The zero-order valence-electron chi connectivity index (χ0n) is 5.60. The monoisotopic (exact) mass is 141 g/mol. The summed E-state index contributed by atoms with van der Waals surface area (Å²) in [5.41, 5.74) is 9.99. The van der Waals surface area contributed by atoms with Crippen LogP contribution in [0.25, 0.3) is 0 Å². The lowest BCUT2D eigenvalue weighted by molar-refractivity contribution is -0.386. The van der Waals surface area contributed by atoms with Crippen molar-refractivity contribution in [3.63, 3.8) is 0 Å². The van der Waals surface area contributed by atoms with Gasteiger partial charge in [0.25, 0.3) is 0 Å². The van der Waals surface area contributed by atoms with Crippen LogP contribution < -0.4 is 11.5 Å². The third-order valence-electron chi connectivity index (χ3n) is 1.41. The molecule has 10 heavy (non-hydrogen) atoms. The van der Waals surface area contributed by atoms with Gasteiger partial charge in [0.1, 0.15) is 12.4 Å². The quantitative estimate of drug-likeness (QED) is 0.537. The van der Waals surface area contributed by atoms with E-state index in [1.165, 1.54) is 6.07 Å². The second-order valence-electron chi connectivity index (χ2n) is 2.06. The highest BCUT2D eigenvalue weighted by atomic mass is 19.1. The van der Waals surface area contributed by atoms with Crippen molar-refractivity contribution in [3.8, 4) is 0 Å². The van der Waals surface area contributed by atoms with Crippen molar-refractivity contribution in [2.75, 3.05) is 5.73 Å². The average Bonchev–Trinajstić information content (AvgIpc) is 1.88. The largest absolute Gasteiger partial charge is 0.398 e. The van der Waals surface area contributed by atoms with Gasteiger partial charge in [0.05, 0.1) is 5.56 Å². The van der Waals surface area contributed by atoms with Gasteiger partial charge in [-0.2, -0.15) is 0 Å². The fraction of sp³-hybridized carbons (Fsp3) is 0.143. The lowest BCUT2D eigenvalue weighted by Gasteiger charge is -1.99. The molecule has 1 rings (SSSR count). The maximum atomic E-state index is 12.7. The van der Waals surface area contributed by atoms with E-state index >= 15 is 0 Å².